The standard InChI is InChI=1S/C38H29N5O8/c44-21-28-30(50-37(47)26-17-9-3-10-18-26)31(51-38(48)27-19-11-4-12-20-27)36(49-28)42-23-41-29-32(42)39-22-40-33(29)43(34(45)24-13-5-1-6-14-24)35(46)25-15-7-2-8-16-25/h1-20,22-23,28,30-31,36,44H,21H2/t28-,30+,31+,36-/m0/s1. The number of rotatable bonds is 9. The second-order valence-electron chi connectivity index (χ2n) is 11.4. The fourth-order valence-electron chi connectivity index (χ4n) is 5.77. The minimum Gasteiger partial charge on any atom is -0.452 e. The van der Waals surface area contributed by atoms with E-state index >= 15 is 0 Å². The van der Waals surface area contributed by atoms with Crippen molar-refractivity contribution in [1.82, 2.24) is 19.5 Å². The number of nitrogens with zero attached hydrogens (tertiary/aromatic N) is 5. The number of imidazole rings is 1. The molecule has 1 aliphatic rings. The minimum absolute atomic E-state index is 0.0491. The van der Waals surface area contributed by atoms with Gasteiger partial charge >= 0.3 is 11.9 Å². The van der Waals surface area contributed by atoms with Gasteiger partial charge < -0.3 is 19.3 Å². The molecule has 13 heteroatoms. The highest BCUT2D eigenvalue weighted by Gasteiger charge is 2.51. The molecule has 1 aliphatic heterocycles. The molecule has 254 valence electrons. The molecule has 4 aromatic carbocycles. The minimum atomic E-state index is -1.31. The molecule has 1 fully saturated rings. The Morgan fingerprint density at radius 1 is 0.647 bits per heavy atom. The van der Waals surface area contributed by atoms with E-state index in [0.29, 0.717) is 0 Å². The van der Waals surface area contributed by atoms with Gasteiger partial charge in [-0.2, -0.15) is 0 Å². The first-order valence-electron chi connectivity index (χ1n) is 15.9. The summed E-state index contributed by atoms with van der Waals surface area (Å²) in [6, 6.07) is 32.9. The molecule has 1 N–H and O–H groups in total. The number of amides is 2. The van der Waals surface area contributed by atoms with Gasteiger partial charge in [0.05, 0.1) is 24.1 Å². The first-order valence-corrected chi connectivity index (χ1v) is 15.9. The topological polar surface area (TPSA) is 163 Å². The number of fused-ring (bicyclic) bond motifs is 1. The van der Waals surface area contributed by atoms with Gasteiger partial charge in [0, 0.05) is 11.1 Å². The summed E-state index contributed by atoms with van der Waals surface area (Å²) in [6.45, 7) is -0.597. The zero-order valence-electron chi connectivity index (χ0n) is 26.8. The molecule has 51 heavy (non-hydrogen) atoms. The molecular formula is C38H29N5O8. The van der Waals surface area contributed by atoms with Crippen LogP contribution in [-0.2, 0) is 14.2 Å². The maximum absolute atomic E-state index is 14.0. The van der Waals surface area contributed by atoms with Crippen molar-refractivity contribution in [2.75, 3.05) is 11.5 Å². The zero-order valence-corrected chi connectivity index (χ0v) is 26.8. The first kappa shape index (κ1) is 33.0. The van der Waals surface area contributed by atoms with Gasteiger partial charge in [-0.1, -0.05) is 72.8 Å². The molecule has 0 radical (unpaired) electrons. The molecule has 3 heterocycles. The summed E-state index contributed by atoms with van der Waals surface area (Å²) in [4.78, 5) is 68.8. The van der Waals surface area contributed by atoms with E-state index in [0.717, 1.165) is 11.2 Å². The molecule has 7 rings (SSSR count). The molecule has 0 spiro atoms. The molecule has 13 nitrogen and oxygen atoms in total. The number of benzene rings is 4. The number of carbonyl (C=O) groups is 4. The van der Waals surface area contributed by atoms with E-state index in [1.54, 1.807) is 121 Å². The molecular weight excluding hydrogens is 654 g/mol. The van der Waals surface area contributed by atoms with Crippen LogP contribution in [0.25, 0.3) is 11.2 Å². The first-order chi connectivity index (χ1) is 24.9. The Hall–Kier alpha value is -6.57. The van der Waals surface area contributed by atoms with Crippen molar-refractivity contribution in [3.05, 3.63) is 156 Å². The van der Waals surface area contributed by atoms with Crippen LogP contribution < -0.4 is 4.90 Å². The van der Waals surface area contributed by atoms with E-state index in [1.165, 1.54) is 10.9 Å². The van der Waals surface area contributed by atoms with E-state index in [9.17, 15) is 24.3 Å². The van der Waals surface area contributed by atoms with Crippen LogP contribution in [0.4, 0.5) is 5.82 Å². The Bertz CT molecular complexity index is 2130. The zero-order chi connectivity index (χ0) is 35.3. The summed E-state index contributed by atoms with van der Waals surface area (Å²) in [5, 5.41) is 10.4. The van der Waals surface area contributed by atoms with Crippen molar-refractivity contribution in [3.63, 3.8) is 0 Å². The number of aliphatic hydroxyl groups is 1. The third-order valence-electron chi connectivity index (χ3n) is 8.24. The Kier molecular flexibility index (Phi) is 9.37. The number of hydrogen-bond acceptors (Lipinski definition) is 11. The van der Waals surface area contributed by atoms with Crippen LogP contribution in [0.5, 0.6) is 0 Å². The normalized spacial score (nSPS) is 18.2. The highest BCUT2D eigenvalue weighted by Crippen LogP contribution is 2.37. The predicted octanol–water partition coefficient (Wildman–Crippen LogP) is 4.65. The molecule has 0 aliphatic carbocycles. The van der Waals surface area contributed by atoms with Crippen molar-refractivity contribution in [3.8, 4) is 0 Å². The number of aliphatic hydroxyl groups excluding tert-OH is 1. The lowest BCUT2D eigenvalue weighted by Gasteiger charge is -2.25. The third kappa shape index (κ3) is 6.58. The van der Waals surface area contributed by atoms with E-state index in [1.807, 2.05) is 0 Å². The highest BCUT2D eigenvalue weighted by molar-refractivity contribution is 6.27. The van der Waals surface area contributed by atoms with Crippen LogP contribution in [0.3, 0.4) is 0 Å². The van der Waals surface area contributed by atoms with Crippen molar-refractivity contribution < 1.29 is 38.5 Å². The molecule has 2 amide bonds. The van der Waals surface area contributed by atoms with Crippen LogP contribution in [-0.4, -0.2) is 73.3 Å². The number of hydrogen-bond donors (Lipinski definition) is 1. The smallest absolute Gasteiger partial charge is 0.338 e. The van der Waals surface area contributed by atoms with Crippen molar-refractivity contribution >= 4 is 40.7 Å². The fourth-order valence-corrected chi connectivity index (χ4v) is 5.77. The average molecular weight is 684 g/mol. The second-order valence-corrected chi connectivity index (χ2v) is 11.4. The number of ether oxygens (including phenoxy) is 3. The second kappa shape index (κ2) is 14.5. The van der Waals surface area contributed by atoms with Crippen LogP contribution in [0.1, 0.15) is 47.7 Å². The van der Waals surface area contributed by atoms with Crippen molar-refractivity contribution in [2.45, 2.75) is 24.5 Å². The molecule has 0 unspecified atom stereocenters. The van der Waals surface area contributed by atoms with Gasteiger partial charge in [-0.05, 0) is 48.5 Å². The van der Waals surface area contributed by atoms with Gasteiger partial charge in [0.15, 0.2) is 35.4 Å². The number of aromatic nitrogens is 4. The SMILES string of the molecule is O=C(O[C@@H]1[C@H](OC(=O)c2ccccc2)[C@H](CO)O[C@@H]1n1cnc2c(N(C(=O)c3ccccc3)C(=O)c3ccccc3)ncnc21)c1ccccc1. The Morgan fingerprint density at radius 3 is 1.61 bits per heavy atom. The fraction of sp³-hybridized carbons (Fsp3) is 0.132. The summed E-state index contributed by atoms with van der Waals surface area (Å²) in [7, 11) is 0. The van der Waals surface area contributed by atoms with Crippen LogP contribution in [0, 0.1) is 0 Å². The van der Waals surface area contributed by atoms with Crippen LogP contribution >= 0.6 is 0 Å². The maximum Gasteiger partial charge on any atom is 0.338 e. The van der Waals surface area contributed by atoms with Gasteiger partial charge in [0.25, 0.3) is 11.8 Å². The maximum atomic E-state index is 14.0. The van der Waals surface area contributed by atoms with E-state index in [-0.39, 0.29) is 39.2 Å². The number of carbonyl (C=O) groups excluding carboxylic acids is 4. The molecule has 4 atom stereocenters. The quantitative estimate of drug-likeness (QED) is 0.167. The van der Waals surface area contributed by atoms with Gasteiger partial charge in [-0.3, -0.25) is 14.2 Å². The van der Waals surface area contributed by atoms with Gasteiger partial charge in [-0.15, -0.1) is 0 Å². The lowest BCUT2D eigenvalue weighted by atomic mass is 10.1. The largest absolute Gasteiger partial charge is 0.452 e. The van der Waals surface area contributed by atoms with Crippen LogP contribution in [0.15, 0.2) is 134 Å². The Morgan fingerprint density at radius 2 is 1.12 bits per heavy atom. The van der Waals surface area contributed by atoms with Crippen LogP contribution in [0.2, 0.25) is 0 Å². The summed E-state index contributed by atoms with van der Waals surface area (Å²) in [5.41, 5.74) is 1.08. The highest BCUT2D eigenvalue weighted by atomic mass is 16.6. The number of imide groups is 1. The van der Waals surface area contributed by atoms with E-state index < -0.39 is 54.9 Å². The third-order valence-corrected chi connectivity index (χ3v) is 8.24. The van der Waals surface area contributed by atoms with Gasteiger partial charge in [0.1, 0.15) is 12.4 Å². The summed E-state index contributed by atoms with van der Waals surface area (Å²) in [6.07, 6.45) is -2.47. The lowest BCUT2D eigenvalue weighted by Crippen LogP contribution is -2.40. The molecule has 2 aromatic heterocycles. The molecule has 1 saturated heterocycles. The lowest BCUT2D eigenvalue weighted by molar-refractivity contribution is -0.0566. The summed E-state index contributed by atoms with van der Waals surface area (Å²) < 4.78 is 19.4. The molecule has 0 bridgehead atoms. The van der Waals surface area contributed by atoms with Gasteiger partial charge in [-0.25, -0.2) is 29.4 Å². The number of esters is 2. The molecule has 0 saturated carbocycles. The summed E-state index contributed by atoms with van der Waals surface area (Å²) in [5.74, 6) is -2.87. The van der Waals surface area contributed by atoms with E-state index in [2.05, 4.69) is 15.0 Å². The predicted molar refractivity (Wildman–Crippen MR) is 182 cm³/mol. The number of anilines is 1. The Labute approximate surface area is 290 Å². The summed E-state index contributed by atoms with van der Waals surface area (Å²) >= 11 is 0. The van der Waals surface area contributed by atoms with Crippen molar-refractivity contribution in [2.24, 2.45) is 0 Å². The van der Waals surface area contributed by atoms with Crippen molar-refractivity contribution in [1.29, 1.82) is 0 Å². The monoisotopic (exact) mass is 683 g/mol. The van der Waals surface area contributed by atoms with Gasteiger partial charge in [0.2, 0.25) is 0 Å². The van der Waals surface area contributed by atoms with E-state index in [4.69, 9.17) is 14.2 Å². The average Bonchev–Trinajstić information content (AvgIpc) is 3.77. The molecule has 6 aromatic rings. The Balaban J connectivity index is 1.31.